The predicted molar refractivity (Wildman–Crippen MR) is 190 cm³/mol. The van der Waals surface area contributed by atoms with Crippen LogP contribution in [0.4, 0.5) is 0 Å². The second kappa shape index (κ2) is 12.3. The van der Waals surface area contributed by atoms with Crippen molar-refractivity contribution in [2.75, 3.05) is 0 Å². The van der Waals surface area contributed by atoms with Crippen LogP contribution in [0.3, 0.4) is 0 Å². The molecule has 6 aromatic carbocycles. The summed E-state index contributed by atoms with van der Waals surface area (Å²) in [5.41, 5.74) is 5.57. The van der Waals surface area contributed by atoms with Crippen molar-refractivity contribution >= 4 is 12.2 Å². The van der Waals surface area contributed by atoms with Gasteiger partial charge in [0.2, 0.25) is 0 Å². The van der Waals surface area contributed by atoms with Crippen LogP contribution in [-0.2, 0) is 0 Å². The van der Waals surface area contributed by atoms with Crippen molar-refractivity contribution in [1.29, 1.82) is 0 Å². The first-order valence-electron chi connectivity index (χ1n) is 16.3. The molecule has 2 aliphatic heterocycles. The minimum Gasteiger partial charge on any atom is -0.508 e. The van der Waals surface area contributed by atoms with Crippen LogP contribution in [-0.4, -0.2) is 35.7 Å². The lowest BCUT2D eigenvalue weighted by atomic mass is 9.84. The van der Waals surface area contributed by atoms with Crippen molar-refractivity contribution in [1.82, 2.24) is 0 Å². The second-order valence-electron chi connectivity index (χ2n) is 12.9. The Kier molecular flexibility index (Phi) is 7.60. The van der Waals surface area contributed by atoms with E-state index in [9.17, 15) is 35.7 Å². The van der Waals surface area contributed by atoms with Crippen LogP contribution >= 0.6 is 0 Å². The molecule has 4 atom stereocenters. The van der Waals surface area contributed by atoms with Gasteiger partial charge in [-0.3, -0.25) is 0 Å². The molecule has 9 heteroatoms. The molecule has 7 N–H and O–H groups in total. The largest absolute Gasteiger partial charge is 0.508 e. The molecule has 0 radical (unpaired) electrons. The van der Waals surface area contributed by atoms with Gasteiger partial charge in [-0.15, -0.1) is 0 Å². The fourth-order valence-corrected chi connectivity index (χ4v) is 7.22. The Morgan fingerprint density at radius 3 is 1.45 bits per heavy atom. The van der Waals surface area contributed by atoms with Crippen molar-refractivity contribution in [2.24, 2.45) is 0 Å². The van der Waals surface area contributed by atoms with Gasteiger partial charge in [0.1, 0.15) is 64.0 Å². The third-order valence-electron chi connectivity index (χ3n) is 9.42. The molecule has 0 saturated carbocycles. The summed E-state index contributed by atoms with van der Waals surface area (Å²) >= 11 is 0. The quantitative estimate of drug-likeness (QED) is 0.0858. The van der Waals surface area contributed by atoms with Crippen LogP contribution in [0.25, 0.3) is 12.2 Å². The first kappa shape index (κ1) is 31.5. The molecule has 0 spiro atoms. The van der Waals surface area contributed by atoms with Crippen molar-refractivity contribution in [3.8, 4) is 51.7 Å². The summed E-state index contributed by atoms with van der Waals surface area (Å²) in [7, 11) is 0. The number of phenolic OH excluding ortho intramolecular Hbond substituents is 7. The monoisotopic (exact) mass is 680 g/mol. The number of benzene rings is 6. The van der Waals surface area contributed by atoms with Gasteiger partial charge in [-0.05, 0) is 106 Å². The molecule has 0 aromatic heterocycles. The number of phenols is 7. The van der Waals surface area contributed by atoms with E-state index in [1.54, 1.807) is 66.7 Å². The second-order valence-corrected chi connectivity index (χ2v) is 12.9. The molecule has 254 valence electrons. The number of fused-ring (bicyclic) bond motifs is 2. The van der Waals surface area contributed by atoms with Gasteiger partial charge in [0.25, 0.3) is 0 Å². The van der Waals surface area contributed by atoms with E-state index in [1.807, 2.05) is 36.4 Å². The molecular weight excluding hydrogens is 648 g/mol. The van der Waals surface area contributed by atoms with Gasteiger partial charge >= 0.3 is 0 Å². The van der Waals surface area contributed by atoms with E-state index in [-0.39, 0.29) is 46.2 Å². The van der Waals surface area contributed by atoms with Gasteiger partial charge in [0.05, 0.1) is 11.8 Å². The number of hydrogen-bond donors (Lipinski definition) is 7. The molecule has 0 saturated heterocycles. The zero-order valence-corrected chi connectivity index (χ0v) is 26.9. The van der Waals surface area contributed by atoms with Crippen molar-refractivity contribution in [3.63, 3.8) is 0 Å². The van der Waals surface area contributed by atoms with Crippen LogP contribution in [0, 0.1) is 0 Å². The molecule has 2 aliphatic rings. The summed E-state index contributed by atoms with van der Waals surface area (Å²) in [6, 6.07) is 31.3. The summed E-state index contributed by atoms with van der Waals surface area (Å²) in [6.45, 7) is 0. The number of hydrogen-bond acceptors (Lipinski definition) is 9. The normalized spacial score (nSPS) is 19.0. The highest BCUT2D eigenvalue weighted by Crippen LogP contribution is 2.55. The maximum atomic E-state index is 11.4. The van der Waals surface area contributed by atoms with E-state index in [0.717, 1.165) is 22.3 Å². The first-order chi connectivity index (χ1) is 24.6. The maximum Gasteiger partial charge on any atom is 0.135 e. The van der Waals surface area contributed by atoms with Crippen molar-refractivity contribution in [3.05, 3.63) is 160 Å². The van der Waals surface area contributed by atoms with Gasteiger partial charge in [-0.1, -0.05) is 42.5 Å². The Morgan fingerprint density at radius 1 is 0.392 bits per heavy atom. The third kappa shape index (κ3) is 5.95. The molecule has 0 amide bonds. The van der Waals surface area contributed by atoms with E-state index in [4.69, 9.17) is 9.47 Å². The Morgan fingerprint density at radius 2 is 0.882 bits per heavy atom. The Bertz CT molecular complexity index is 2270. The van der Waals surface area contributed by atoms with Crippen molar-refractivity contribution in [2.45, 2.75) is 24.0 Å². The van der Waals surface area contributed by atoms with E-state index in [1.165, 1.54) is 24.3 Å². The lowest BCUT2D eigenvalue weighted by molar-refractivity contribution is 0.222. The molecule has 0 fully saturated rings. The van der Waals surface area contributed by atoms with E-state index in [0.29, 0.717) is 33.8 Å². The minimum atomic E-state index is -0.626. The first-order valence-corrected chi connectivity index (χ1v) is 16.3. The van der Waals surface area contributed by atoms with Crippen LogP contribution < -0.4 is 9.47 Å². The molecule has 4 unspecified atom stereocenters. The van der Waals surface area contributed by atoms with Crippen LogP contribution in [0.15, 0.2) is 115 Å². The molecule has 51 heavy (non-hydrogen) atoms. The third-order valence-corrected chi connectivity index (χ3v) is 9.42. The number of aromatic hydroxyl groups is 7. The highest BCUT2D eigenvalue weighted by molar-refractivity contribution is 5.74. The average Bonchev–Trinajstić information content (AvgIpc) is 3.66. The molecule has 2 heterocycles. The van der Waals surface area contributed by atoms with E-state index >= 15 is 0 Å². The van der Waals surface area contributed by atoms with Gasteiger partial charge in [0.15, 0.2) is 0 Å². The van der Waals surface area contributed by atoms with Crippen molar-refractivity contribution < 1.29 is 45.2 Å². The summed E-state index contributed by atoms with van der Waals surface area (Å²) in [5.74, 6) is -0.0946. The number of rotatable bonds is 6. The molecule has 9 nitrogen and oxygen atoms in total. The lowest BCUT2D eigenvalue weighted by Crippen LogP contribution is -2.11. The number of ether oxygens (including phenoxy) is 2. The maximum absolute atomic E-state index is 11.4. The highest BCUT2D eigenvalue weighted by atomic mass is 16.5. The van der Waals surface area contributed by atoms with Crippen LogP contribution in [0.5, 0.6) is 51.7 Å². The fraction of sp³-hybridized carbons (Fsp3) is 0.0952. The zero-order chi connectivity index (χ0) is 35.4. The molecule has 8 rings (SSSR count). The molecule has 0 aliphatic carbocycles. The zero-order valence-electron chi connectivity index (χ0n) is 26.9. The van der Waals surface area contributed by atoms with Gasteiger partial charge in [-0.25, -0.2) is 0 Å². The highest BCUT2D eigenvalue weighted by Gasteiger charge is 2.40. The fourth-order valence-electron chi connectivity index (χ4n) is 7.22. The lowest BCUT2D eigenvalue weighted by Gasteiger charge is -2.21. The van der Waals surface area contributed by atoms with Gasteiger partial charge in [-0.2, -0.15) is 0 Å². The van der Waals surface area contributed by atoms with Gasteiger partial charge < -0.3 is 45.2 Å². The Balaban J connectivity index is 1.15. The van der Waals surface area contributed by atoms with Crippen LogP contribution in [0.2, 0.25) is 0 Å². The standard InChI is InChI=1S/C42H32O9/c43-28-8-4-24(5-9-28)41-38(26-16-30(45)20-31(46)17-26)34-13-22(3-12-36(34)50-41)1-2-23-14-35(49)40-37(15-23)51-42(25-6-10-29(44)11-7-25)39(40)27-18-32(47)21-33(48)19-27/h1-21,38-39,41-49H. The van der Waals surface area contributed by atoms with E-state index in [2.05, 4.69) is 0 Å². The van der Waals surface area contributed by atoms with E-state index < -0.39 is 18.1 Å². The Labute approximate surface area is 292 Å². The minimum absolute atomic E-state index is 0.0240. The van der Waals surface area contributed by atoms with Crippen LogP contribution in [0.1, 0.15) is 68.6 Å². The molecule has 6 aromatic rings. The molecular formula is C42H32O9. The topological polar surface area (TPSA) is 160 Å². The average molecular weight is 681 g/mol. The molecule has 0 bridgehead atoms. The summed E-state index contributed by atoms with van der Waals surface area (Å²) < 4.78 is 12.9. The smallest absolute Gasteiger partial charge is 0.135 e. The van der Waals surface area contributed by atoms with Gasteiger partial charge in [0, 0.05) is 23.3 Å². The summed E-state index contributed by atoms with van der Waals surface area (Å²) in [5, 5.41) is 72.5. The summed E-state index contributed by atoms with van der Waals surface area (Å²) in [6.07, 6.45) is 2.62. The SMILES string of the molecule is Oc1ccc(C2Oc3ccc(C=Cc4cc(O)c5c(c4)OC(c4ccc(O)cc4)C5c4cc(O)cc(O)c4)cc3C2c2cc(O)cc(O)c2)cc1. The summed E-state index contributed by atoms with van der Waals surface area (Å²) in [4.78, 5) is 0. The Hall–Kier alpha value is -6.74. The predicted octanol–water partition coefficient (Wildman–Crippen LogP) is 8.33.